The first-order chi connectivity index (χ1) is 20.2. The molecule has 0 spiro atoms. The van der Waals surface area contributed by atoms with Gasteiger partial charge in [0.25, 0.3) is 0 Å². The Morgan fingerprint density at radius 3 is 1.86 bits per heavy atom. The Bertz CT molecular complexity index is 1120. The van der Waals surface area contributed by atoms with Gasteiger partial charge in [-0.15, -0.1) is 0 Å². The first kappa shape index (κ1) is 36.4. The minimum Gasteiger partial charge on any atom is -0.508 e. The first-order valence-electron chi connectivity index (χ1n) is 14.0. The quantitative estimate of drug-likeness (QED) is 0.0464. The molecule has 0 aliphatic rings. The molecule has 0 aliphatic heterocycles. The summed E-state index contributed by atoms with van der Waals surface area (Å²) >= 11 is 0. The van der Waals surface area contributed by atoms with Crippen LogP contribution >= 0.6 is 0 Å². The molecule has 5 unspecified atom stereocenters. The summed E-state index contributed by atoms with van der Waals surface area (Å²) in [4.78, 5) is 59.2. The number of aliphatic carboxylic acids is 1. The van der Waals surface area contributed by atoms with E-state index in [0.29, 0.717) is 24.8 Å². The summed E-state index contributed by atoms with van der Waals surface area (Å²) < 4.78 is 0. The van der Waals surface area contributed by atoms with Crippen LogP contribution in [0.3, 0.4) is 0 Å². The summed E-state index contributed by atoms with van der Waals surface area (Å²) in [7, 11) is 0. The summed E-state index contributed by atoms with van der Waals surface area (Å²) in [6.07, 6.45) is 1.52. The number of carbonyl (C=O) groups excluding carboxylic acids is 3. The van der Waals surface area contributed by atoms with Gasteiger partial charge in [-0.1, -0.05) is 32.4 Å². The highest BCUT2D eigenvalue weighted by Gasteiger charge is 2.32. The van der Waals surface area contributed by atoms with Gasteiger partial charge in [0.05, 0.1) is 6.04 Å². The number of nitrogens with zero attached hydrogens (tertiary/aromatic N) is 2. The van der Waals surface area contributed by atoms with E-state index in [4.69, 9.17) is 28.7 Å². The number of guanidine groups is 2. The third kappa shape index (κ3) is 14.2. The van der Waals surface area contributed by atoms with Gasteiger partial charge in [-0.2, -0.15) is 0 Å². The van der Waals surface area contributed by atoms with Crippen LogP contribution in [0.25, 0.3) is 0 Å². The molecule has 1 aromatic carbocycles. The zero-order valence-electron chi connectivity index (χ0n) is 24.7. The number of nitrogens with two attached hydrogens (primary N) is 5. The summed E-state index contributed by atoms with van der Waals surface area (Å²) in [5, 5.41) is 27.1. The van der Waals surface area contributed by atoms with Crippen LogP contribution in [-0.4, -0.2) is 83.1 Å². The van der Waals surface area contributed by atoms with Crippen molar-refractivity contribution >= 4 is 35.6 Å². The molecule has 0 aromatic heterocycles. The molecule has 240 valence electrons. The number of carboxylic acid groups (broad SMARTS) is 1. The summed E-state index contributed by atoms with van der Waals surface area (Å²) in [5.41, 5.74) is 27.9. The second-order valence-corrected chi connectivity index (χ2v) is 10.2. The average Bonchev–Trinajstić information content (AvgIpc) is 2.95. The molecular weight excluding hydrogens is 560 g/mol. The molecule has 16 heteroatoms. The normalized spacial score (nSPS) is 14.2. The number of carboxylic acids is 1. The number of hydrogen-bond acceptors (Lipinski definition) is 8. The topological polar surface area (TPSA) is 300 Å². The van der Waals surface area contributed by atoms with Gasteiger partial charge in [0.15, 0.2) is 11.9 Å². The van der Waals surface area contributed by atoms with E-state index in [1.807, 2.05) is 6.92 Å². The second-order valence-electron chi connectivity index (χ2n) is 10.2. The number of hydrogen-bond donors (Lipinski definition) is 10. The average molecular weight is 607 g/mol. The lowest BCUT2D eigenvalue weighted by Crippen LogP contribution is -2.59. The standard InChI is InChI=1S/C27H46N10O6/c1-3-15(2)21(24(41)35-19(25(42)43)7-5-13-34-27(31)32)37-23(40)20(14-16-8-10-17(38)11-9-16)36-22(39)18(28)6-4-12-33-26(29)30/h8-11,15,18-21,38H,3-7,12-14,28H2,1-2H3,(H,35,41)(H,36,39)(H,37,40)(H,42,43)(H4,29,30,33)(H4,31,32,34). The number of nitrogens with one attached hydrogen (secondary N) is 3. The van der Waals surface area contributed by atoms with E-state index in [0.717, 1.165) is 0 Å². The molecule has 1 aromatic rings. The zero-order chi connectivity index (χ0) is 32.5. The van der Waals surface area contributed by atoms with E-state index >= 15 is 0 Å². The molecular formula is C27H46N10O6. The molecule has 3 amide bonds. The molecule has 5 atom stereocenters. The third-order valence-corrected chi connectivity index (χ3v) is 6.67. The van der Waals surface area contributed by atoms with Crippen molar-refractivity contribution in [1.82, 2.24) is 16.0 Å². The van der Waals surface area contributed by atoms with Crippen LogP contribution in [0.2, 0.25) is 0 Å². The first-order valence-corrected chi connectivity index (χ1v) is 14.0. The number of aliphatic imine (C=N–C) groups is 2. The number of amides is 3. The van der Waals surface area contributed by atoms with Gasteiger partial charge < -0.3 is 54.8 Å². The zero-order valence-corrected chi connectivity index (χ0v) is 24.7. The van der Waals surface area contributed by atoms with Gasteiger partial charge in [-0.05, 0) is 49.3 Å². The van der Waals surface area contributed by atoms with Crippen molar-refractivity contribution < 1.29 is 29.4 Å². The van der Waals surface area contributed by atoms with Crippen LogP contribution in [0.1, 0.15) is 51.5 Å². The van der Waals surface area contributed by atoms with E-state index < -0.39 is 47.9 Å². The third-order valence-electron chi connectivity index (χ3n) is 6.67. The number of rotatable bonds is 19. The Morgan fingerprint density at radius 2 is 1.35 bits per heavy atom. The van der Waals surface area contributed by atoms with Gasteiger partial charge in [-0.25, -0.2) is 4.79 Å². The summed E-state index contributed by atoms with van der Waals surface area (Å²) in [6, 6.07) is 1.61. The van der Waals surface area contributed by atoms with E-state index in [2.05, 4.69) is 25.9 Å². The molecule has 0 fully saturated rings. The lowest BCUT2D eigenvalue weighted by Gasteiger charge is -2.28. The minimum absolute atomic E-state index is 0.0238. The maximum atomic E-state index is 13.5. The van der Waals surface area contributed by atoms with Crippen LogP contribution < -0.4 is 44.6 Å². The fraction of sp³-hybridized carbons (Fsp3) is 0.556. The Labute approximate surface area is 250 Å². The van der Waals surface area contributed by atoms with E-state index in [1.165, 1.54) is 12.1 Å². The van der Waals surface area contributed by atoms with Gasteiger partial charge >= 0.3 is 5.97 Å². The Morgan fingerprint density at radius 1 is 0.814 bits per heavy atom. The molecule has 0 bridgehead atoms. The number of phenolic OH excluding ortho intramolecular Hbond substituents is 1. The second kappa shape index (κ2) is 18.8. The highest BCUT2D eigenvalue weighted by Crippen LogP contribution is 2.14. The van der Waals surface area contributed by atoms with E-state index in [-0.39, 0.29) is 55.9 Å². The number of benzene rings is 1. The number of phenols is 1. The van der Waals surface area contributed by atoms with Gasteiger partial charge in [0, 0.05) is 19.5 Å². The number of aromatic hydroxyl groups is 1. The van der Waals surface area contributed by atoms with Crippen molar-refractivity contribution in [2.45, 2.75) is 76.5 Å². The lowest BCUT2D eigenvalue weighted by atomic mass is 9.96. The monoisotopic (exact) mass is 606 g/mol. The molecule has 0 heterocycles. The van der Waals surface area contributed by atoms with Crippen molar-refractivity contribution in [1.29, 1.82) is 0 Å². The predicted octanol–water partition coefficient (Wildman–Crippen LogP) is -2.05. The van der Waals surface area contributed by atoms with Crippen molar-refractivity contribution in [3.63, 3.8) is 0 Å². The van der Waals surface area contributed by atoms with Gasteiger partial charge in [0.1, 0.15) is 23.9 Å². The van der Waals surface area contributed by atoms with Crippen molar-refractivity contribution in [3.8, 4) is 5.75 Å². The molecule has 16 nitrogen and oxygen atoms in total. The SMILES string of the molecule is CCC(C)C(NC(=O)C(Cc1ccc(O)cc1)NC(=O)C(N)CCCN=C(N)N)C(=O)NC(CCCN=C(N)N)C(=O)O. The highest BCUT2D eigenvalue weighted by molar-refractivity contribution is 5.94. The Hall–Kier alpha value is -4.60. The largest absolute Gasteiger partial charge is 0.508 e. The van der Waals surface area contributed by atoms with E-state index in [9.17, 15) is 29.4 Å². The molecule has 0 radical (unpaired) electrons. The number of carbonyl (C=O) groups is 4. The molecule has 0 aliphatic carbocycles. The maximum absolute atomic E-state index is 13.5. The van der Waals surface area contributed by atoms with Crippen LogP contribution in [0.5, 0.6) is 5.75 Å². The van der Waals surface area contributed by atoms with E-state index in [1.54, 1.807) is 19.1 Å². The smallest absolute Gasteiger partial charge is 0.326 e. The fourth-order valence-corrected chi connectivity index (χ4v) is 3.98. The molecule has 0 saturated heterocycles. The lowest BCUT2D eigenvalue weighted by molar-refractivity contribution is -0.143. The highest BCUT2D eigenvalue weighted by atomic mass is 16.4. The molecule has 15 N–H and O–H groups in total. The van der Waals surface area contributed by atoms with Crippen LogP contribution in [-0.2, 0) is 25.6 Å². The van der Waals surface area contributed by atoms with Crippen LogP contribution in [0.15, 0.2) is 34.3 Å². The van der Waals surface area contributed by atoms with Crippen LogP contribution in [0.4, 0.5) is 0 Å². The van der Waals surface area contributed by atoms with Crippen LogP contribution in [0, 0.1) is 5.92 Å². The minimum atomic E-state index is -1.25. The molecule has 0 saturated carbocycles. The summed E-state index contributed by atoms with van der Waals surface area (Å²) in [6.45, 7) is 4.01. The Balaban J connectivity index is 3.09. The molecule has 1 rings (SSSR count). The Kier molecular flexibility index (Phi) is 15.9. The van der Waals surface area contributed by atoms with Gasteiger partial charge in [-0.3, -0.25) is 24.4 Å². The maximum Gasteiger partial charge on any atom is 0.326 e. The van der Waals surface area contributed by atoms with Crippen molar-refractivity contribution in [3.05, 3.63) is 29.8 Å². The van der Waals surface area contributed by atoms with Gasteiger partial charge in [0.2, 0.25) is 17.7 Å². The molecule has 43 heavy (non-hydrogen) atoms. The predicted molar refractivity (Wildman–Crippen MR) is 162 cm³/mol. The fourth-order valence-electron chi connectivity index (χ4n) is 3.98. The van der Waals surface area contributed by atoms with Crippen molar-refractivity contribution in [2.75, 3.05) is 13.1 Å². The summed E-state index contributed by atoms with van der Waals surface area (Å²) in [5.74, 6) is -3.78. The van der Waals surface area contributed by atoms with Crippen molar-refractivity contribution in [2.24, 2.45) is 44.6 Å².